The first kappa shape index (κ1) is 19.2. The van der Waals surface area contributed by atoms with Crippen molar-refractivity contribution in [1.82, 2.24) is 24.6 Å². The molecule has 7 nitrogen and oxygen atoms in total. The van der Waals surface area contributed by atoms with Crippen molar-refractivity contribution in [2.24, 2.45) is 5.41 Å². The number of nitrogens with zero attached hydrogens (tertiary/aromatic N) is 5. The van der Waals surface area contributed by atoms with Crippen LogP contribution in [0.4, 0.5) is 4.79 Å². The molecular weight excluding hydrogens is 354 g/mol. The Morgan fingerprint density at radius 3 is 2.79 bits per heavy atom. The van der Waals surface area contributed by atoms with Crippen molar-refractivity contribution in [3.8, 4) is 0 Å². The summed E-state index contributed by atoms with van der Waals surface area (Å²) in [5.41, 5.74) is 1.17. The summed E-state index contributed by atoms with van der Waals surface area (Å²) in [5.74, 6) is 0.160. The number of likely N-dealkylation sites (tertiary alicyclic amines) is 3. The highest BCUT2D eigenvalue weighted by atomic mass is 16.2. The molecule has 4 rings (SSSR count). The van der Waals surface area contributed by atoms with Crippen molar-refractivity contribution in [2.75, 3.05) is 40.3 Å². The first-order chi connectivity index (χ1) is 13.4. The molecule has 0 unspecified atom stereocenters. The molecule has 7 heteroatoms. The van der Waals surface area contributed by atoms with Crippen LogP contribution >= 0.6 is 0 Å². The fourth-order valence-electron chi connectivity index (χ4n) is 5.68. The van der Waals surface area contributed by atoms with Gasteiger partial charge in [-0.25, -0.2) is 4.79 Å². The summed E-state index contributed by atoms with van der Waals surface area (Å²) < 4.78 is 0. The highest BCUT2D eigenvalue weighted by molar-refractivity contribution is 5.75. The third kappa shape index (κ3) is 3.26. The third-order valence-corrected chi connectivity index (χ3v) is 6.77. The Morgan fingerprint density at radius 1 is 1.29 bits per heavy atom. The Balaban J connectivity index is 1.63. The van der Waals surface area contributed by atoms with Gasteiger partial charge in [0.2, 0.25) is 5.91 Å². The lowest BCUT2D eigenvalue weighted by Gasteiger charge is -2.44. The summed E-state index contributed by atoms with van der Waals surface area (Å²) in [5, 5.41) is 0. The molecule has 0 aliphatic carbocycles. The maximum Gasteiger partial charge on any atom is 0.319 e. The van der Waals surface area contributed by atoms with E-state index in [0.717, 1.165) is 52.0 Å². The molecule has 0 N–H and O–H groups in total. The molecule has 1 aromatic rings. The zero-order valence-corrected chi connectivity index (χ0v) is 17.2. The van der Waals surface area contributed by atoms with E-state index in [0.29, 0.717) is 6.04 Å². The second-order valence-electron chi connectivity index (χ2n) is 8.84. The van der Waals surface area contributed by atoms with E-state index in [1.807, 2.05) is 31.3 Å². The molecule has 1 aromatic heterocycles. The second-order valence-corrected chi connectivity index (χ2v) is 8.84. The fourth-order valence-corrected chi connectivity index (χ4v) is 5.68. The van der Waals surface area contributed by atoms with Crippen molar-refractivity contribution >= 4 is 11.9 Å². The molecule has 3 amide bonds. The molecule has 152 valence electrons. The van der Waals surface area contributed by atoms with Crippen LogP contribution in [0.15, 0.2) is 24.5 Å². The number of carbonyl (C=O) groups excluding carboxylic acids is 2. The summed E-state index contributed by atoms with van der Waals surface area (Å²) in [6, 6.07) is 4.72. The van der Waals surface area contributed by atoms with Crippen LogP contribution in [0.25, 0.3) is 0 Å². The van der Waals surface area contributed by atoms with Gasteiger partial charge in [0, 0.05) is 77.1 Å². The van der Waals surface area contributed by atoms with E-state index in [1.54, 1.807) is 18.0 Å². The number of carbonyl (C=O) groups is 2. The number of amides is 3. The van der Waals surface area contributed by atoms with Gasteiger partial charge in [0.15, 0.2) is 0 Å². The molecule has 4 heterocycles. The third-order valence-electron chi connectivity index (χ3n) is 6.77. The highest BCUT2D eigenvalue weighted by Crippen LogP contribution is 2.48. The van der Waals surface area contributed by atoms with E-state index < -0.39 is 0 Å². The molecule has 3 fully saturated rings. The smallest absolute Gasteiger partial charge is 0.319 e. The Kier molecular flexibility index (Phi) is 5.04. The second kappa shape index (κ2) is 7.35. The van der Waals surface area contributed by atoms with Gasteiger partial charge in [-0.2, -0.15) is 0 Å². The quantitative estimate of drug-likeness (QED) is 0.777. The average Bonchev–Trinajstić information content (AvgIpc) is 3.25. The zero-order chi connectivity index (χ0) is 19.9. The molecule has 3 aliphatic heterocycles. The number of pyridine rings is 1. The van der Waals surface area contributed by atoms with Crippen LogP contribution < -0.4 is 0 Å². The van der Waals surface area contributed by atoms with Crippen LogP contribution in [0.2, 0.25) is 0 Å². The predicted molar refractivity (Wildman–Crippen MR) is 107 cm³/mol. The number of rotatable bonds is 2. The minimum absolute atomic E-state index is 0.0371. The van der Waals surface area contributed by atoms with E-state index in [4.69, 9.17) is 0 Å². The van der Waals surface area contributed by atoms with Gasteiger partial charge >= 0.3 is 6.03 Å². The Labute approximate surface area is 167 Å². The van der Waals surface area contributed by atoms with Gasteiger partial charge in [0.25, 0.3) is 0 Å². The number of aromatic nitrogens is 1. The summed E-state index contributed by atoms with van der Waals surface area (Å²) >= 11 is 0. The van der Waals surface area contributed by atoms with Gasteiger partial charge < -0.3 is 14.7 Å². The average molecular weight is 386 g/mol. The molecular formula is C21H31N5O2. The van der Waals surface area contributed by atoms with E-state index >= 15 is 0 Å². The van der Waals surface area contributed by atoms with Crippen LogP contribution in [-0.4, -0.2) is 88.9 Å². The molecule has 3 saturated heterocycles. The van der Waals surface area contributed by atoms with Gasteiger partial charge in [0.1, 0.15) is 0 Å². The van der Waals surface area contributed by atoms with Crippen molar-refractivity contribution in [2.45, 2.75) is 44.8 Å². The minimum atomic E-state index is -0.0371. The largest absolute Gasteiger partial charge is 0.338 e. The topological polar surface area (TPSA) is 60.0 Å². The van der Waals surface area contributed by atoms with Gasteiger partial charge in [-0.05, 0) is 37.4 Å². The first-order valence-corrected chi connectivity index (χ1v) is 10.3. The number of fused-ring (bicyclic) bond motifs is 2. The van der Waals surface area contributed by atoms with Crippen LogP contribution in [-0.2, 0) is 11.3 Å². The van der Waals surface area contributed by atoms with Crippen LogP contribution in [0, 0.1) is 5.41 Å². The molecule has 3 atom stereocenters. The maximum absolute atomic E-state index is 12.6. The summed E-state index contributed by atoms with van der Waals surface area (Å²) in [7, 11) is 3.62. The van der Waals surface area contributed by atoms with E-state index in [1.165, 1.54) is 5.56 Å². The van der Waals surface area contributed by atoms with E-state index in [9.17, 15) is 9.59 Å². The summed E-state index contributed by atoms with van der Waals surface area (Å²) in [6.45, 7) is 5.84. The van der Waals surface area contributed by atoms with Gasteiger partial charge in [-0.15, -0.1) is 0 Å². The van der Waals surface area contributed by atoms with E-state index in [-0.39, 0.29) is 23.4 Å². The SMILES string of the molecule is CC(=O)N1C[C@]2(CCN(C(=O)N(C)C)C2)[C@@H]2[C@H]1CCCN2Cc1cccnc1. The van der Waals surface area contributed by atoms with E-state index in [2.05, 4.69) is 20.9 Å². The van der Waals surface area contributed by atoms with Crippen LogP contribution in [0.3, 0.4) is 0 Å². The summed E-state index contributed by atoms with van der Waals surface area (Å²) in [4.78, 5) is 37.6. The van der Waals surface area contributed by atoms with Crippen molar-refractivity contribution in [3.05, 3.63) is 30.1 Å². The molecule has 0 bridgehead atoms. The van der Waals surface area contributed by atoms with Crippen molar-refractivity contribution < 1.29 is 9.59 Å². The number of urea groups is 1. The normalized spacial score (nSPS) is 30.0. The highest BCUT2D eigenvalue weighted by Gasteiger charge is 2.59. The number of hydrogen-bond donors (Lipinski definition) is 0. The molecule has 3 aliphatic rings. The predicted octanol–water partition coefficient (Wildman–Crippen LogP) is 1.65. The molecule has 1 spiro atoms. The van der Waals surface area contributed by atoms with Gasteiger partial charge in [0.05, 0.1) is 0 Å². The molecule has 0 radical (unpaired) electrons. The van der Waals surface area contributed by atoms with Crippen molar-refractivity contribution in [1.29, 1.82) is 0 Å². The van der Waals surface area contributed by atoms with Crippen molar-refractivity contribution in [3.63, 3.8) is 0 Å². The Hall–Kier alpha value is -2.15. The van der Waals surface area contributed by atoms with Gasteiger partial charge in [-0.3, -0.25) is 14.7 Å². The Bertz CT molecular complexity index is 740. The number of hydrogen-bond acceptors (Lipinski definition) is 4. The van der Waals surface area contributed by atoms with Crippen LogP contribution in [0.1, 0.15) is 31.7 Å². The number of piperidine rings is 1. The fraction of sp³-hybridized carbons (Fsp3) is 0.667. The lowest BCUT2D eigenvalue weighted by molar-refractivity contribution is -0.130. The molecule has 28 heavy (non-hydrogen) atoms. The maximum atomic E-state index is 12.6. The first-order valence-electron chi connectivity index (χ1n) is 10.3. The monoisotopic (exact) mass is 385 g/mol. The minimum Gasteiger partial charge on any atom is -0.338 e. The Morgan fingerprint density at radius 2 is 2.11 bits per heavy atom. The zero-order valence-electron chi connectivity index (χ0n) is 17.2. The van der Waals surface area contributed by atoms with Crippen LogP contribution in [0.5, 0.6) is 0 Å². The summed E-state index contributed by atoms with van der Waals surface area (Å²) in [6.07, 6.45) is 6.85. The lowest BCUT2D eigenvalue weighted by atomic mass is 9.76. The molecule has 0 saturated carbocycles. The molecule has 0 aromatic carbocycles. The standard InChI is InChI=1S/C21H31N5O2/c1-16(27)26-15-21(8-11-25(14-21)20(28)23(2)3)19-18(26)7-5-10-24(19)13-17-6-4-9-22-12-17/h4,6,9,12,18-19H,5,7-8,10-11,13-15H2,1-3H3/t18-,19+,21-/m1/s1. The van der Waals surface area contributed by atoms with Gasteiger partial charge in [-0.1, -0.05) is 6.07 Å². The lowest BCUT2D eigenvalue weighted by Crippen LogP contribution is -2.55.